The molecule has 1 aliphatic heterocycles. The maximum Gasteiger partial charge on any atom is 0.454 e. The van der Waals surface area contributed by atoms with Gasteiger partial charge in [0.1, 0.15) is 11.6 Å². The molecule has 0 saturated carbocycles. The Hall–Kier alpha value is -1.97. The van der Waals surface area contributed by atoms with Gasteiger partial charge in [0.25, 0.3) is 0 Å². The summed E-state index contributed by atoms with van der Waals surface area (Å²) in [6.07, 6.45) is -0.133. The number of ether oxygens (including phenoxy) is 2. The van der Waals surface area contributed by atoms with Gasteiger partial charge in [-0.15, -0.1) is 11.6 Å². The van der Waals surface area contributed by atoms with E-state index in [0.29, 0.717) is 17.9 Å². The summed E-state index contributed by atoms with van der Waals surface area (Å²) in [5.74, 6) is 1.10. The Bertz CT molecular complexity index is 880. The van der Waals surface area contributed by atoms with Crippen molar-refractivity contribution in [2.45, 2.75) is 24.9 Å². The normalized spacial score (nSPS) is 16.8. The molecule has 3 rings (SSSR count). The minimum absolute atomic E-state index is 0.110. The predicted octanol–water partition coefficient (Wildman–Crippen LogP) is 2.13. The number of aromatic nitrogens is 2. The molecule has 1 aromatic heterocycles. The second-order valence-electron chi connectivity index (χ2n) is 4.88. The molecule has 2 aromatic rings. The van der Waals surface area contributed by atoms with Crippen LogP contribution in [0.4, 0.5) is 4.79 Å². The first-order valence-corrected chi connectivity index (χ1v) is 8.33. The van der Waals surface area contributed by atoms with Crippen molar-refractivity contribution in [2.24, 2.45) is 4.36 Å². The topological polar surface area (TPSA) is 99.9 Å². The lowest BCUT2D eigenvalue weighted by molar-refractivity contribution is -0.0589. The van der Waals surface area contributed by atoms with Crippen LogP contribution in [0.5, 0.6) is 5.75 Å². The standard InChI is InChI=1S/C13H12ClN3O5S/c14-6-12-15-10-2-1-8(22-13(18)16-23(19)20)5-11(10)17(12)7-9-3-4-21-9/h1-2,5,9H,3-4,6-7H2. The molecule has 2 heterocycles. The lowest BCUT2D eigenvalue weighted by atomic mass is 10.2. The summed E-state index contributed by atoms with van der Waals surface area (Å²) in [7, 11) is -2.85. The average Bonchev–Trinajstić information content (AvgIpc) is 2.79. The fourth-order valence-corrected chi connectivity index (χ4v) is 2.70. The first-order chi connectivity index (χ1) is 11.1. The highest BCUT2D eigenvalue weighted by Gasteiger charge is 2.21. The Morgan fingerprint density at radius 2 is 2.30 bits per heavy atom. The van der Waals surface area contributed by atoms with E-state index < -0.39 is 16.6 Å². The van der Waals surface area contributed by atoms with Crippen molar-refractivity contribution in [1.82, 2.24) is 9.55 Å². The van der Waals surface area contributed by atoms with Crippen LogP contribution in [0.1, 0.15) is 12.2 Å². The molecule has 1 amide bonds. The fourth-order valence-electron chi connectivity index (χ4n) is 2.33. The molecule has 10 heteroatoms. The highest BCUT2D eigenvalue weighted by molar-refractivity contribution is 7.62. The third-order valence-corrected chi connectivity index (χ3v) is 3.99. The maximum atomic E-state index is 11.3. The number of carbonyl (C=O) groups excluding carboxylic acids is 1. The molecule has 23 heavy (non-hydrogen) atoms. The van der Waals surface area contributed by atoms with E-state index in [-0.39, 0.29) is 17.7 Å². The van der Waals surface area contributed by atoms with Gasteiger partial charge in [0, 0.05) is 12.7 Å². The summed E-state index contributed by atoms with van der Waals surface area (Å²) < 4.78 is 35.7. The molecule has 1 unspecified atom stereocenters. The van der Waals surface area contributed by atoms with Gasteiger partial charge < -0.3 is 14.0 Å². The predicted molar refractivity (Wildman–Crippen MR) is 81.0 cm³/mol. The van der Waals surface area contributed by atoms with Gasteiger partial charge in [0.05, 0.1) is 29.6 Å². The number of benzene rings is 1. The number of rotatable bonds is 4. The Morgan fingerprint density at radius 3 is 2.91 bits per heavy atom. The van der Waals surface area contributed by atoms with Crippen molar-refractivity contribution < 1.29 is 22.7 Å². The molecule has 1 atom stereocenters. The van der Waals surface area contributed by atoms with Crippen LogP contribution in [0.3, 0.4) is 0 Å². The van der Waals surface area contributed by atoms with Gasteiger partial charge in [-0.05, 0) is 18.6 Å². The summed E-state index contributed by atoms with van der Waals surface area (Å²) in [5.41, 5.74) is 1.42. The monoisotopic (exact) mass is 357 g/mol. The van der Waals surface area contributed by atoms with Crippen molar-refractivity contribution in [2.75, 3.05) is 6.61 Å². The number of amides is 1. The quantitative estimate of drug-likeness (QED) is 0.777. The third kappa shape index (κ3) is 3.52. The van der Waals surface area contributed by atoms with Crippen LogP contribution >= 0.6 is 11.6 Å². The van der Waals surface area contributed by atoms with E-state index in [4.69, 9.17) is 21.1 Å². The zero-order valence-corrected chi connectivity index (χ0v) is 13.4. The number of fused-ring (bicyclic) bond motifs is 1. The number of nitrogens with zero attached hydrogens (tertiary/aromatic N) is 3. The average molecular weight is 358 g/mol. The Balaban J connectivity index is 1.94. The van der Waals surface area contributed by atoms with Gasteiger partial charge in [0.15, 0.2) is 0 Å². The lowest BCUT2D eigenvalue weighted by Crippen LogP contribution is -2.31. The summed E-state index contributed by atoms with van der Waals surface area (Å²) >= 11 is 5.94. The number of imidazole rings is 1. The third-order valence-electron chi connectivity index (χ3n) is 3.45. The zero-order valence-electron chi connectivity index (χ0n) is 11.8. The van der Waals surface area contributed by atoms with E-state index in [1.54, 1.807) is 12.1 Å². The van der Waals surface area contributed by atoms with Crippen molar-refractivity contribution in [3.8, 4) is 5.75 Å². The SMILES string of the molecule is O=C(N=S(=O)=O)Oc1ccc2nc(CCl)n(CC3CCO3)c2c1. The van der Waals surface area contributed by atoms with Crippen LogP contribution in [-0.2, 0) is 27.7 Å². The molecule has 1 fully saturated rings. The van der Waals surface area contributed by atoms with Gasteiger partial charge >= 0.3 is 16.6 Å². The van der Waals surface area contributed by atoms with Gasteiger partial charge in [-0.3, -0.25) is 0 Å². The molecule has 0 radical (unpaired) electrons. The lowest BCUT2D eigenvalue weighted by Gasteiger charge is -2.27. The second-order valence-corrected chi connectivity index (χ2v) is 5.76. The molecule has 8 nitrogen and oxygen atoms in total. The Morgan fingerprint density at radius 1 is 1.52 bits per heavy atom. The van der Waals surface area contributed by atoms with Crippen LogP contribution in [-0.4, -0.2) is 36.8 Å². The maximum absolute atomic E-state index is 11.3. The van der Waals surface area contributed by atoms with Crippen molar-refractivity contribution in [3.63, 3.8) is 0 Å². The van der Waals surface area contributed by atoms with Crippen LogP contribution in [0.25, 0.3) is 11.0 Å². The molecule has 0 bridgehead atoms. The number of halogens is 1. The molecule has 1 saturated heterocycles. The van der Waals surface area contributed by atoms with Gasteiger partial charge in [0.2, 0.25) is 0 Å². The van der Waals surface area contributed by atoms with E-state index >= 15 is 0 Å². The summed E-state index contributed by atoms with van der Waals surface area (Å²) in [6, 6.07) is 4.77. The van der Waals surface area contributed by atoms with E-state index in [1.807, 2.05) is 4.57 Å². The smallest absolute Gasteiger partial charge is 0.408 e. The first kappa shape index (κ1) is 15.9. The minimum atomic E-state index is -2.85. The molecule has 122 valence electrons. The molecule has 0 aliphatic carbocycles. The van der Waals surface area contributed by atoms with E-state index in [1.165, 1.54) is 6.07 Å². The van der Waals surface area contributed by atoms with Crippen LogP contribution in [0, 0.1) is 0 Å². The Labute approximate surface area is 137 Å². The van der Waals surface area contributed by atoms with Crippen molar-refractivity contribution >= 4 is 39.2 Å². The van der Waals surface area contributed by atoms with Crippen LogP contribution in [0.15, 0.2) is 22.6 Å². The summed E-state index contributed by atoms with van der Waals surface area (Å²) in [6.45, 7) is 1.34. The molecule has 0 N–H and O–H groups in total. The molecule has 0 spiro atoms. The Kier molecular flexibility index (Phi) is 4.60. The summed E-state index contributed by atoms with van der Waals surface area (Å²) in [4.78, 5) is 15.7. The van der Waals surface area contributed by atoms with Crippen molar-refractivity contribution in [1.29, 1.82) is 0 Å². The molecular weight excluding hydrogens is 346 g/mol. The van der Waals surface area contributed by atoms with E-state index in [0.717, 1.165) is 18.5 Å². The largest absolute Gasteiger partial charge is 0.454 e. The highest BCUT2D eigenvalue weighted by atomic mass is 35.5. The zero-order chi connectivity index (χ0) is 16.4. The van der Waals surface area contributed by atoms with E-state index in [2.05, 4.69) is 9.35 Å². The highest BCUT2D eigenvalue weighted by Crippen LogP contribution is 2.25. The van der Waals surface area contributed by atoms with Gasteiger partial charge in [-0.25, -0.2) is 9.78 Å². The molecule has 1 aromatic carbocycles. The van der Waals surface area contributed by atoms with E-state index in [9.17, 15) is 13.2 Å². The van der Waals surface area contributed by atoms with Gasteiger partial charge in [-0.2, -0.15) is 8.42 Å². The fraction of sp³-hybridized carbons (Fsp3) is 0.385. The van der Waals surface area contributed by atoms with Crippen LogP contribution in [0.2, 0.25) is 0 Å². The van der Waals surface area contributed by atoms with Crippen LogP contribution < -0.4 is 4.74 Å². The summed E-state index contributed by atoms with van der Waals surface area (Å²) in [5, 5.41) is 0. The minimum Gasteiger partial charge on any atom is -0.408 e. The molecule has 1 aliphatic rings. The van der Waals surface area contributed by atoms with Gasteiger partial charge in [-0.1, -0.05) is 4.36 Å². The van der Waals surface area contributed by atoms with Crippen molar-refractivity contribution in [3.05, 3.63) is 24.0 Å². The number of carbonyl (C=O) groups is 1. The number of hydrogen-bond acceptors (Lipinski definition) is 6. The number of alkyl halides is 1. The number of hydrogen-bond donors (Lipinski definition) is 0. The molecular formula is C13H12ClN3O5S. The first-order valence-electron chi connectivity index (χ1n) is 6.76. The second kappa shape index (κ2) is 6.65.